The first-order valence-electron chi connectivity index (χ1n) is 8.00. The normalized spacial score (nSPS) is 15.3. The minimum Gasteiger partial charge on any atom is -0.457 e. The minimum atomic E-state index is -0.284. The standard InChI is InChI=1S/C19H21NO3/c1-15-10-12-20(13-11-15)19(21)23-18-9-5-8-17(14-18)22-16-6-3-2-4-7-16/h2-9,14-15H,10-13H2,1H3. The Bertz CT molecular complexity index is 649. The predicted molar refractivity (Wildman–Crippen MR) is 89.0 cm³/mol. The van der Waals surface area contributed by atoms with Crippen molar-refractivity contribution >= 4 is 6.09 Å². The Labute approximate surface area is 136 Å². The number of rotatable bonds is 3. The number of para-hydroxylation sites is 1. The molecule has 4 heteroatoms. The molecule has 1 aliphatic rings. The molecule has 0 bridgehead atoms. The summed E-state index contributed by atoms with van der Waals surface area (Å²) in [5.74, 6) is 2.58. The molecule has 0 unspecified atom stereocenters. The van der Waals surface area contributed by atoms with Gasteiger partial charge in [0.2, 0.25) is 0 Å². The maximum absolute atomic E-state index is 12.2. The lowest BCUT2D eigenvalue weighted by molar-refractivity contribution is 0.133. The van der Waals surface area contributed by atoms with Crippen molar-refractivity contribution in [2.75, 3.05) is 13.1 Å². The van der Waals surface area contributed by atoms with Crippen LogP contribution in [0.3, 0.4) is 0 Å². The molecule has 3 rings (SSSR count). The van der Waals surface area contributed by atoms with Crippen LogP contribution in [0.15, 0.2) is 54.6 Å². The van der Waals surface area contributed by atoms with Crippen LogP contribution in [-0.4, -0.2) is 24.1 Å². The van der Waals surface area contributed by atoms with Gasteiger partial charge in [-0.05, 0) is 43.0 Å². The summed E-state index contributed by atoms with van der Waals surface area (Å²) in [5, 5.41) is 0. The fourth-order valence-corrected chi connectivity index (χ4v) is 2.58. The molecule has 23 heavy (non-hydrogen) atoms. The number of amides is 1. The van der Waals surface area contributed by atoms with Gasteiger partial charge in [-0.3, -0.25) is 0 Å². The van der Waals surface area contributed by atoms with Gasteiger partial charge in [-0.15, -0.1) is 0 Å². The van der Waals surface area contributed by atoms with E-state index in [1.165, 1.54) is 0 Å². The van der Waals surface area contributed by atoms with Gasteiger partial charge in [0.15, 0.2) is 0 Å². The number of carbonyl (C=O) groups is 1. The Kier molecular flexibility index (Phi) is 4.81. The van der Waals surface area contributed by atoms with Crippen LogP contribution >= 0.6 is 0 Å². The van der Waals surface area contributed by atoms with Crippen LogP contribution in [0, 0.1) is 5.92 Å². The van der Waals surface area contributed by atoms with Gasteiger partial charge in [-0.1, -0.05) is 31.2 Å². The molecule has 1 aliphatic heterocycles. The van der Waals surface area contributed by atoms with E-state index in [1.54, 1.807) is 17.0 Å². The molecule has 0 radical (unpaired) electrons. The second-order valence-electron chi connectivity index (χ2n) is 5.93. The first-order valence-corrected chi connectivity index (χ1v) is 8.00. The highest BCUT2D eigenvalue weighted by atomic mass is 16.6. The zero-order chi connectivity index (χ0) is 16.1. The number of carbonyl (C=O) groups excluding carboxylic acids is 1. The van der Waals surface area contributed by atoms with E-state index in [-0.39, 0.29) is 6.09 Å². The average Bonchev–Trinajstić information content (AvgIpc) is 2.57. The van der Waals surface area contributed by atoms with Gasteiger partial charge in [0.1, 0.15) is 17.2 Å². The lowest BCUT2D eigenvalue weighted by Gasteiger charge is -2.29. The Balaban J connectivity index is 1.62. The molecule has 0 N–H and O–H groups in total. The summed E-state index contributed by atoms with van der Waals surface area (Å²) in [7, 11) is 0. The van der Waals surface area contributed by atoms with Gasteiger partial charge in [0, 0.05) is 19.2 Å². The summed E-state index contributed by atoms with van der Waals surface area (Å²) >= 11 is 0. The number of hydrogen-bond donors (Lipinski definition) is 0. The highest BCUT2D eigenvalue weighted by molar-refractivity contribution is 5.71. The predicted octanol–water partition coefficient (Wildman–Crippen LogP) is 4.71. The molecule has 0 atom stereocenters. The Morgan fingerprint density at radius 2 is 1.61 bits per heavy atom. The van der Waals surface area contributed by atoms with Gasteiger partial charge in [-0.25, -0.2) is 4.79 Å². The lowest BCUT2D eigenvalue weighted by atomic mass is 10.00. The van der Waals surface area contributed by atoms with Gasteiger partial charge in [0.25, 0.3) is 0 Å². The summed E-state index contributed by atoms with van der Waals surface area (Å²) in [4.78, 5) is 14.0. The first-order chi connectivity index (χ1) is 11.2. The maximum Gasteiger partial charge on any atom is 0.415 e. The average molecular weight is 311 g/mol. The van der Waals surface area contributed by atoms with E-state index in [0.29, 0.717) is 17.4 Å². The topological polar surface area (TPSA) is 38.8 Å². The van der Waals surface area contributed by atoms with Crippen LogP contribution in [0.4, 0.5) is 4.79 Å². The summed E-state index contributed by atoms with van der Waals surface area (Å²) in [6, 6.07) is 16.7. The van der Waals surface area contributed by atoms with Gasteiger partial charge >= 0.3 is 6.09 Å². The van der Waals surface area contributed by atoms with Crippen molar-refractivity contribution in [1.29, 1.82) is 0 Å². The second-order valence-corrected chi connectivity index (χ2v) is 5.93. The summed E-state index contributed by atoms with van der Waals surface area (Å²) in [5.41, 5.74) is 0. The van der Waals surface area contributed by atoms with Crippen LogP contribution in [-0.2, 0) is 0 Å². The molecular weight excluding hydrogens is 290 g/mol. The Hall–Kier alpha value is -2.49. The van der Waals surface area contributed by atoms with E-state index in [1.807, 2.05) is 42.5 Å². The quantitative estimate of drug-likeness (QED) is 0.824. The molecule has 0 saturated carbocycles. The van der Waals surface area contributed by atoms with Crippen molar-refractivity contribution in [3.8, 4) is 17.2 Å². The molecule has 0 aromatic heterocycles. The van der Waals surface area contributed by atoms with Crippen molar-refractivity contribution in [2.45, 2.75) is 19.8 Å². The van der Waals surface area contributed by atoms with E-state index < -0.39 is 0 Å². The zero-order valence-electron chi connectivity index (χ0n) is 13.3. The number of hydrogen-bond acceptors (Lipinski definition) is 3. The number of nitrogens with zero attached hydrogens (tertiary/aromatic N) is 1. The molecule has 1 fully saturated rings. The van der Waals surface area contributed by atoms with Crippen molar-refractivity contribution in [3.05, 3.63) is 54.6 Å². The Morgan fingerprint density at radius 1 is 0.957 bits per heavy atom. The third kappa shape index (κ3) is 4.25. The van der Waals surface area contributed by atoms with Crippen molar-refractivity contribution in [3.63, 3.8) is 0 Å². The molecular formula is C19H21NO3. The molecule has 1 saturated heterocycles. The summed E-state index contributed by atoms with van der Waals surface area (Å²) in [6.45, 7) is 3.74. The van der Waals surface area contributed by atoms with E-state index in [2.05, 4.69) is 6.92 Å². The van der Waals surface area contributed by atoms with Crippen LogP contribution in [0.1, 0.15) is 19.8 Å². The SMILES string of the molecule is CC1CCN(C(=O)Oc2cccc(Oc3ccccc3)c2)CC1. The largest absolute Gasteiger partial charge is 0.457 e. The molecule has 2 aromatic carbocycles. The number of piperidine rings is 1. The van der Waals surface area contributed by atoms with Crippen LogP contribution < -0.4 is 9.47 Å². The highest BCUT2D eigenvalue weighted by Gasteiger charge is 2.21. The first kappa shape index (κ1) is 15.4. The summed E-state index contributed by atoms with van der Waals surface area (Å²) in [6.07, 6.45) is 1.78. The fraction of sp³-hybridized carbons (Fsp3) is 0.316. The van der Waals surface area contributed by atoms with Crippen LogP contribution in [0.5, 0.6) is 17.2 Å². The van der Waals surface area contributed by atoms with E-state index in [0.717, 1.165) is 31.7 Å². The molecule has 1 amide bonds. The van der Waals surface area contributed by atoms with E-state index >= 15 is 0 Å². The maximum atomic E-state index is 12.2. The lowest BCUT2D eigenvalue weighted by Crippen LogP contribution is -2.39. The van der Waals surface area contributed by atoms with Crippen molar-refractivity contribution < 1.29 is 14.3 Å². The van der Waals surface area contributed by atoms with Gasteiger partial charge < -0.3 is 14.4 Å². The summed E-state index contributed by atoms with van der Waals surface area (Å²) < 4.78 is 11.2. The Morgan fingerprint density at radius 3 is 2.35 bits per heavy atom. The third-order valence-corrected chi connectivity index (χ3v) is 4.03. The van der Waals surface area contributed by atoms with Crippen molar-refractivity contribution in [1.82, 2.24) is 4.90 Å². The number of likely N-dealkylation sites (tertiary alicyclic amines) is 1. The molecule has 120 valence electrons. The highest BCUT2D eigenvalue weighted by Crippen LogP contribution is 2.26. The zero-order valence-corrected chi connectivity index (χ0v) is 13.3. The van der Waals surface area contributed by atoms with Crippen LogP contribution in [0.2, 0.25) is 0 Å². The van der Waals surface area contributed by atoms with E-state index in [4.69, 9.17) is 9.47 Å². The second kappa shape index (κ2) is 7.18. The molecule has 0 aliphatic carbocycles. The molecule has 4 nitrogen and oxygen atoms in total. The van der Waals surface area contributed by atoms with Gasteiger partial charge in [-0.2, -0.15) is 0 Å². The molecule has 1 heterocycles. The fourth-order valence-electron chi connectivity index (χ4n) is 2.58. The van der Waals surface area contributed by atoms with Crippen LogP contribution in [0.25, 0.3) is 0 Å². The monoisotopic (exact) mass is 311 g/mol. The van der Waals surface area contributed by atoms with Gasteiger partial charge in [0.05, 0.1) is 0 Å². The molecule has 2 aromatic rings. The van der Waals surface area contributed by atoms with E-state index in [9.17, 15) is 4.79 Å². The molecule has 0 spiro atoms. The smallest absolute Gasteiger partial charge is 0.415 e. The minimum absolute atomic E-state index is 0.284. The number of ether oxygens (including phenoxy) is 2. The van der Waals surface area contributed by atoms with Crippen molar-refractivity contribution in [2.24, 2.45) is 5.92 Å². The number of benzene rings is 2. The third-order valence-electron chi connectivity index (χ3n) is 4.03.